The second-order valence-corrected chi connectivity index (χ2v) is 7.78. The Morgan fingerprint density at radius 1 is 1.38 bits per heavy atom. The number of thiazole rings is 1. The molecule has 1 aromatic rings. The normalized spacial score (nSPS) is 21.0. The van der Waals surface area contributed by atoms with Crippen LogP contribution in [0.25, 0.3) is 0 Å². The van der Waals surface area contributed by atoms with Gasteiger partial charge < -0.3 is 16.4 Å². The highest BCUT2D eigenvalue weighted by atomic mass is 32.1. The summed E-state index contributed by atoms with van der Waals surface area (Å²) in [7, 11) is 0. The molecule has 24 heavy (non-hydrogen) atoms. The van der Waals surface area contributed by atoms with Crippen LogP contribution in [0.5, 0.6) is 0 Å². The summed E-state index contributed by atoms with van der Waals surface area (Å²) in [6, 6.07) is -0.579. The van der Waals surface area contributed by atoms with Crippen molar-refractivity contribution in [2.75, 3.05) is 19.6 Å². The van der Waals surface area contributed by atoms with Crippen LogP contribution in [-0.2, 0) is 11.3 Å². The minimum atomic E-state index is -0.683. The lowest BCUT2D eigenvalue weighted by Crippen LogP contribution is -2.46. The number of hydrogen-bond donors (Lipinski definition) is 3. The average Bonchev–Trinajstić information content (AvgIpc) is 3.01. The fourth-order valence-electron chi connectivity index (χ4n) is 3.27. The summed E-state index contributed by atoms with van der Waals surface area (Å²) in [6.45, 7) is 8.80. The van der Waals surface area contributed by atoms with Gasteiger partial charge in [0.1, 0.15) is 0 Å². The first-order valence-electron chi connectivity index (χ1n) is 8.37. The van der Waals surface area contributed by atoms with Gasteiger partial charge in [-0.3, -0.25) is 9.69 Å². The van der Waals surface area contributed by atoms with Gasteiger partial charge in [-0.25, -0.2) is 9.78 Å². The Labute approximate surface area is 147 Å². The van der Waals surface area contributed by atoms with E-state index in [2.05, 4.69) is 34.4 Å². The number of aryl methyl sites for hydroxylation is 2. The fraction of sp³-hybridized carbons (Fsp3) is 0.688. The van der Waals surface area contributed by atoms with E-state index in [9.17, 15) is 9.59 Å². The second-order valence-electron chi connectivity index (χ2n) is 6.37. The van der Waals surface area contributed by atoms with E-state index >= 15 is 0 Å². The van der Waals surface area contributed by atoms with Gasteiger partial charge in [-0.1, -0.05) is 13.3 Å². The third-order valence-electron chi connectivity index (χ3n) is 4.32. The number of nitrogens with one attached hydrogen (secondary N) is 2. The smallest absolute Gasteiger partial charge is 0.312 e. The van der Waals surface area contributed by atoms with Crippen LogP contribution in [0.15, 0.2) is 0 Å². The molecule has 0 aromatic carbocycles. The van der Waals surface area contributed by atoms with E-state index < -0.39 is 6.03 Å². The van der Waals surface area contributed by atoms with E-state index in [4.69, 9.17) is 5.73 Å². The van der Waals surface area contributed by atoms with Crippen molar-refractivity contribution in [2.24, 2.45) is 11.7 Å². The first-order valence-corrected chi connectivity index (χ1v) is 9.18. The molecule has 0 radical (unpaired) electrons. The molecule has 2 atom stereocenters. The van der Waals surface area contributed by atoms with E-state index in [1.807, 2.05) is 6.92 Å². The Kier molecular flexibility index (Phi) is 6.56. The molecule has 0 unspecified atom stereocenters. The Morgan fingerprint density at radius 2 is 2.12 bits per heavy atom. The van der Waals surface area contributed by atoms with Gasteiger partial charge in [0.2, 0.25) is 5.91 Å². The minimum Gasteiger partial charge on any atom is -0.352 e. The molecule has 2 rings (SSSR count). The number of rotatable bonds is 7. The summed E-state index contributed by atoms with van der Waals surface area (Å²) in [5, 5.41) is 6.46. The van der Waals surface area contributed by atoms with Crippen molar-refractivity contribution in [3.05, 3.63) is 15.6 Å². The number of urea groups is 1. The summed E-state index contributed by atoms with van der Waals surface area (Å²) < 4.78 is 0. The number of nitrogens with two attached hydrogens (primary N) is 1. The van der Waals surface area contributed by atoms with Crippen molar-refractivity contribution in [3.63, 3.8) is 0 Å². The highest BCUT2D eigenvalue weighted by Crippen LogP contribution is 2.25. The molecule has 7 nitrogen and oxygen atoms in total. The lowest BCUT2D eigenvalue weighted by atomic mass is 9.98. The van der Waals surface area contributed by atoms with Gasteiger partial charge in [-0.2, -0.15) is 0 Å². The van der Waals surface area contributed by atoms with Crippen LogP contribution in [0.4, 0.5) is 4.79 Å². The van der Waals surface area contributed by atoms with Crippen molar-refractivity contribution < 1.29 is 9.59 Å². The Hall–Kier alpha value is -1.67. The zero-order valence-electron chi connectivity index (χ0n) is 14.6. The maximum atomic E-state index is 12.0. The number of amides is 3. The van der Waals surface area contributed by atoms with Crippen LogP contribution in [0.1, 0.15) is 35.3 Å². The van der Waals surface area contributed by atoms with Crippen LogP contribution >= 0.6 is 11.3 Å². The maximum absolute atomic E-state index is 12.0. The standard InChI is InChI=1S/C16H27N5O2S/c1-4-5-12-7-21(8-13-10(2)24-11(3)19-13)9-14(12)20-15(22)6-18-16(17)23/h12,14H,4-9H2,1-3H3,(H,20,22)(H3,17,18,23)/t12-,14-/m1/s1. The number of primary amides is 1. The summed E-state index contributed by atoms with van der Waals surface area (Å²) >= 11 is 1.72. The van der Waals surface area contributed by atoms with E-state index in [0.29, 0.717) is 5.92 Å². The summed E-state index contributed by atoms with van der Waals surface area (Å²) in [5.74, 6) is 0.231. The number of likely N-dealkylation sites (tertiary alicyclic amines) is 1. The summed E-state index contributed by atoms with van der Waals surface area (Å²) in [5.41, 5.74) is 6.14. The molecular formula is C16H27N5O2S. The van der Waals surface area contributed by atoms with E-state index in [-0.39, 0.29) is 18.5 Å². The van der Waals surface area contributed by atoms with Crippen LogP contribution in [0.2, 0.25) is 0 Å². The zero-order chi connectivity index (χ0) is 17.7. The minimum absolute atomic E-state index is 0.0743. The predicted molar refractivity (Wildman–Crippen MR) is 94.8 cm³/mol. The van der Waals surface area contributed by atoms with Crippen LogP contribution in [-0.4, -0.2) is 47.5 Å². The molecule has 1 aliphatic heterocycles. The van der Waals surface area contributed by atoms with Gasteiger partial charge >= 0.3 is 6.03 Å². The number of aromatic nitrogens is 1. The van der Waals surface area contributed by atoms with E-state index in [0.717, 1.165) is 43.2 Å². The molecule has 0 bridgehead atoms. The molecule has 1 fully saturated rings. The van der Waals surface area contributed by atoms with Crippen molar-refractivity contribution in [1.29, 1.82) is 0 Å². The van der Waals surface area contributed by atoms with E-state index in [1.54, 1.807) is 11.3 Å². The lowest BCUT2D eigenvalue weighted by molar-refractivity contribution is -0.120. The number of carbonyl (C=O) groups excluding carboxylic acids is 2. The Morgan fingerprint density at radius 3 is 2.71 bits per heavy atom. The average molecular weight is 353 g/mol. The highest BCUT2D eigenvalue weighted by Gasteiger charge is 2.33. The summed E-state index contributed by atoms with van der Waals surface area (Å²) in [4.78, 5) is 30.9. The monoisotopic (exact) mass is 353 g/mol. The molecule has 4 N–H and O–H groups in total. The molecule has 134 valence electrons. The number of carbonyl (C=O) groups is 2. The number of nitrogens with zero attached hydrogens (tertiary/aromatic N) is 2. The molecule has 1 aliphatic rings. The molecule has 1 aromatic heterocycles. The Balaban J connectivity index is 1.93. The largest absolute Gasteiger partial charge is 0.352 e. The number of hydrogen-bond acceptors (Lipinski definition) is 5. The van der Waals surface area contributed by atoms with Crippen molar-refractivity contribution in [1.82, 2.24) is 20.5 Å². The highest BCUT2D eigenvalue weighted by molar-refractivity contribution is 7.11. The quantitative estimate of drug-likeness (QED) is 0.684. The molecule has 0 aliphatic carbocycles. The SMILES string of the molecule is CCC[C@@H]1CN(Cc2nc(C)sc2C)C[C@H]1NC(=O)CNC(N)=O. The molecule has 2 heterocycles. The topological polar surface area (TPSA) is 100 Å². The molecule has 0 saturated carbocycles. The van der Waals surface area contributed by atoms with E-state index in [1.165, 1.54) is 4.88 Å². The van der Waals surface area contributed by atoms with Gasteiger partial charge in [0, 0.05) is 30.6 Å². The first kappa shape index (κ1) is 18.7. The fourth-order valence-corrected chi connectivity index (χ4v) is 4.10. The third kappa shape index (κ3) is 5.17. The molecular weight excluding hydrogens is 326 g/mol. The van der Waals surface area contributed by atoms with Crippen LogP contribution in [0.3, 0.4) is 0 Å². The van der Waals surface area contributed by atoms with Gasteiger partial charge in [-0.15, -0.1) is 11.3 Å². The van der Waals surface area contributed by atoms with Gasteiger partial charge in [0.05, 0.1) is 17.2 Å². The molecule has 1 saturated heterocycles. The molecule has 3 amide bonds. The van der Waals surface area contributed by atoms with Gasteiger partial charge in [0.15, 0.2) is 0 Å². The van der Waals surface area contributed by atoms with Crippen molar-refractivity contribution in [2.45, 2.75) is 46.2 Å². The van der Waals surface area contributed by atoms with Gasteiger partial charge in [0.25, 0.3) is 0 Å². The molecule has 0 spiro atoms. The summed E-state index contributed by atoms with van der Waals surface area (Å²) in [6.07, 6.45) is 2.15. The second kappa shape index (κ2) is 8.43. The van der Waals surface area contributed by atoms with Crippen LogP contribution < -0.4 is 16.4 Å². The maximum Gasteiger partial charge on any atom is 0.312 e. The van der Waals surface area contributed by atoms with Gasteiger partial charge in [-0.05, 0) is 26.2 Å². The van der Waals surface area contributed by atoms with Crippen molar-refractivity contribution in [3.8, 4) is 0 Å². The Bertz CT molecular complexity index is 589. The molecule has 8 heteroatoms. The lowest BCUT2D eigenvalue weighted by Gasteiger charge is -2.19. The zero-order valence-corrected chi connectivity index (χ0v) is 15.4. The predicted octanol–water partition coefficient (Wildman–Crippen LogP) is 1.14. The first-order chi connectivity index (χ1) is 11.4. The third-order valence-corrected chi connectivity index (χ3v) is 5.25. The van der Waals surface area contributed by atoms with Crippen molar-refractivity contribution >= 4 is 23.3 Å². The van der Waals surface area contributed by atoms with Crippen LogP contribution in [0, 0.1) is 19.8 Å².